The lowest BCUT2D eigenvalue weighted by Gasteiger charge is -2.08. The van der Waals surface area contributed by atoms with Crippen LogP contribution in [0.2, 0.25) is 0 Å². The van der Waals surface area contributed by atoms with Crippen LogP contribution in [0.5, 0.6) is 0 Å². The Bertz CT molecular complexity index is 607. The number of nitrogens with two attached hydrogens (primary N) is 1. The molecule has 0 atom stereocenters. The molecule has 1 heterocycles. The molecular weight excluding hydrogens is 270 g/mol. The van der Waals surface area contributed by atoms with Gasteiger partial charge in [0.15, 0.2) is 5.84 Å². The third kappa shape index (κ3) is 3.74. The predicted molar refractivity (Wildman–Crippen MR) is 81.8 cm³/mol. The second kappa shape index (κ2) is 7.66. The van der Waals surface area contributed by atoms with Crippen LogP contribution in [0, 0.1) is 0 Å². The molecule has 1 aromatic carbocycles. The summed E-state index contributed by atoms with van der Waals surface area (Å²) in [5.41, 5.74) is 7.46. The van der Waals surface area contributed by atoms with Gasteiger partial charge in [-0.15, -0.1) is 0 Å². The molecule has 0 bridgehead atoms. The number of aromatic nitrogens is 1. The van der Waals surface area contributed by atoms with E-state index in [1.54, 1.807) is 7.11 Å². The summed E-state index contributed by atoms with van der Waals surface area (Å²) < 4.78 is 12.6. The molecular formula is C15H21N3O3. The highest BCUT2D eigenvalue weighted by atomic mass is 16.5. The molecule has 0 unspecified atom stereocenters. The van der Waals surface area contributed by atoms with Crippen molar-refractivity contribution in [1.29, 1.82) is 0 Å². The van der Waals surface area contributed by atoms with Crippen LogP contribution >= 0.6 is 0 Å². The summed E-state index contributed by atoms with van der Waals surface area (Å²) in [5.74, 6) is 0.120. The van der Waals surface area contributed by atoms with Crippen LogP contribution in [-0.2, 0) is 16.0 Å². The smallest absolute Gasteiger partial charge is 0.170 e. The number of benzene rings is 1. The molecule has 0 aliphatic heterocycles. The molecule has 114 valence electrons. The zero-order valence-electron chi connectivity index (χ0n) is 12.2. The minimum absolute atomic E-state index is 0.120. The standard InChI is InChI=1S/C15H21N3O3/c1-20-9-3-10-21-11-8-18-7-6-12-13(15(16)17-19)4-2-5-14(12)18/h2,4-7,19H,3,8-11H2,1H3,(H2,16,17). The van der Waals surface area contributed by atoms with E-state index in [9.17, 15) is 0 Å². The normalized spacial score (nSPS) is 12.1. The van der Waals surface area contributed by atoms with Crippen molar-refractivity contribution < 1.29 is 14.7 Å². The largest absolute Gasteiger partial charge is 0.409 e. The fourth-order valence-corrected chi connectivity index (χ4v) is 2.27. The van der Waals surface area contributed by atoms with Crippen LogP contribution in [0.15, 0.2) is 35.6 Å². The van der Waals surface area contributed by atoms with Gasteiger partial charge in [0, 0.05) is 49.5 Å². The van der Waals surface area contributed by atoms with E-state index in [1.165, 1.54) is 0 Å². The SMILES string of the molecule is COCCCOCCn1ccc2c(/C(N)=N/O)cccc21. The van der Waals surface area contributed by atoms with Gasteiger partial charge in [-0.05, 0) is 18.6 Å². The zero-order chi connectivity index (χ0) is 15.1. The summed E-state index contributed by atoms with van der Waals surface area (Å²) >= 11 is 0. The molecule has 0 radical (unpaired) electrons. The number of nitrogens with zero attached hydrogens (tertiary/aromatic N) is 2. The van der Waals surface area contributed by atoms with E-state index in [1.807, 2.05) is 30.5 Å². The Balaban J connectivity index is 2.02. The number of amidine groups is 1. The number of oxime groups is 1. The maximum Gasteiger partial charge on any atom is 0.170 e. The van der Waals surface area contributed by atoms with Crippen LogP contribution in [-0.4, -0.2) is 42.5 Å². The Morgan fingerprint density at radius 3 is 2.90 bits per heavy atom. The second-order valence-electron chi connectivity index (χ2n) is 4.69. The molecule has 3 N–H and O–H groups in total. The first-order valence-electron chi connectivity index (χ1n) is 6.90. The molecule has 2 rings (SSSR count). The van der Waals surface area contributed by atoms with E-state index in [2.05, 4.69) is 9.72 Å². The average molecular weight is 291 g/mol. The number of hydrogen-bond acceptors (Lipinski definition) is 4. The number of rotatable bonds is 8. The molecule has 6 nitrogen and oxygen atoms in total. The van der Waals surface area contributed by atoms with Gasteiger partial charge >= 0.3 is 0 Å². The van der Waals surface area contributed by atoms with Crippen molar-refractivity contribution in [3.8, 4) is 0 Å². The number of ether oxygens (including phenoxy) is 2. The fourth-order valence-electron chi connectivity index (χ4n) is 2.27. The van der Waals surface area contributed by atoms with Gasteiger partial charge in [0.2, 0.25) is 0 Å². The van der Waals surface area contributed by atoms with Crippen molar-refractivity contribution in [1.82, 2.24) is 4.57 Å². The van der Waals surface area contributed by atoms with E-state index >= 15 is 0 Å². The molecule has 2 aromatic rings. The number of hydrogen-bond donors (Lipinski definition) is 2. The first-order valence-corrected chi connectivity index (χ1v) is 6.90. The predicted octanol–water partition coefficient (Wildman–Crippen LogP) is 1.79. The molecule has 0 saturated carbocycles. The lowest BCUT2D eigenvalue weighted by atomic mass is 10.1. The van der Waals surface area contributed by atoms with Crippen molar-refractivity contribution >= 4 is 16.7 Å². The van der Waals surface area contributed by atoms with Crippen molar-refractivity contribution in [2.45, 2.75) is 13.0 Å². The van der Waals surface area contributed by atoms with E-state index in [0.717, 1.165) is 36.0 Å². The quantitative estimate of drug-likeness (QED) is 0.255. The van der Waals surface area contributed by atoms with Crippen molar-refractivity contribution in [3.63, 3.8) is 0 Å². The highest BCUT2D eigenvalue weighted by molar-refractivity contribution is 6.08. The Hall–Kier alpha value is -2.05. The van der Waals surface area contributed by atoms with Crippen molar-refractivity contribution in [2.24, 2.45) is 10.9 Å². The number of methoxy groups -OCH3 is 1. The van der Waals surface area contributed by atoms with E-state index in [-0.39, 0.29) is 5.84 Å². The van der Waals surface area contributed by atoms with Crippen LogP contribution < -0.4 is 5.73 Å². The zero-order valence-corrected chi connectivity index (χ0v) is 12.2. The maximum atomic E-state index is 8.82. The molecule has 21 heavy (non-hydrogen) atoms. The van der Waals surface area contributed by atoms with Gasteiger partial charge in [0.1, 0.15) is 0 Å². The molecule has 0 aliphatic carbocycles. The summed E-state index contributed by atoms with van der Waals surface area (Å²) in [6.45, 7) is 2.81. The van der Waals surface area contributed by atoms with E-state index in [0.29, 0.717) is 13.2 Å². The minimum Gasteiger partial charge on any atom is -0.409 e. The Morgan fingerprint density at radius 1 is 1.29 bits per heavy atom. The Morgan fingerprint density at radius 2 is 2.14 bits per heavy atom. The van der Waals surface area contributed by atoms with Crippen LogP contribution in [0.25, 0.3) is 10.9 Å². The molecule has 6 heteroatoms. The van der Waals surface area contributed by atoms with Crippen LogP contribution in [0.3, 0.4) is 0 Å². The second-order valence-corrected chi connectivity index (χ2v) is 4.69. The van der Waals surface area contributed by atoms with Crippen molar-refractivity contribution in [3.05, 3.63) is 36.0 Å². The van der Waals surface area contributed by atoms with Gasteiger partial charge in [-0.1, -0.05) is 17.3 Å². The first-order chi connectivity index (χ1) is 10.3. The van der Waals surface area contributed by atoms with Crippen LogP contribution in [0.4, 0.5) is 0 Å². The first kappa shape index (κ1) is 15.3. The van der Waals surface area contributed by atoms with Gasteiger partial charge in [0.05, 0.1) is 6.61 Å². The van der Waals surface area contributed by atoms with Gasteiger partial charge in [-0.2, -0.15) is 0 Å². The van der Waals surface area contributed by atoms with Crippen LogP contribution in [0.1, 0.15) is 12.0 Å². The summed E-state index contributed by atoms with van der Waals surface area (Å²) in [6.07, 6.45) is 2.88. The third-order valence-corrected chi connectivity index (χ3v) is 3.31. The molecule has 1 aromatic heterocycles. The van der Waals surface area contributed by atoms with Gasteiger partial charge < -0.3 is 25.0 Å². The van der Waals surface area contributed by atoms with E-state index in [4.69, 9.17) is 20.4 Å². The monoisotopic (exact) mass is 291 g/mol. The highest BCUT2D eigenvalue weighted by Gasteiger charge is 2.08. The molecule has 0 saturated heterocycles. The van der Waals surface area contributed by atoms with E-state index < -0.39 is 0 Å². The highest BCUT2D eigenvalue weighted by Crippen LogP contribution is 2.20. The lowest BCUT2D eigenvalue weighted by Crippen LogP contribution is -2.13. The summed E-state index contributed by atoms with van der Waals surface area (Å²) in [5, 5.41) is 12.9. The summed E-state index contributed by atoms with van der Waals surface area (Å²) in [7, 11) is 1.69. The van der Waals surface area contributed by atoms with Crippen molar-refractivity contribution in [2.75, 3.05) is 26.9 Å². The summed E-state index contributed by atoms with van der Waals surface area (Å²) in [6, 6.07) is 7.71. The Kier molecular flexibility index (Phi) is 5.59. The number of fused-ring (bicyclic) bond motifs is 1. The van der Waals surface area contributed by atoms with Gasteiger partial charge in [0.25, 0.3) is 0 Å². The fraction of sp³-hybridized carbons (Fsp3) is 0.400. The van der Waals surface area contributed by atoms with Gasteiger partial charge in [-0.3, -0.25) is 0 Å². The molecule has 0 fully saturated rings. The topological polar surface area (TPSA) is 82.0 Å². The molecule has 0 aliphatic rings. The third-order valence-electron chi connectivity index (χ3n) is 3.31. The minimum atomic E-state index is 0.120. The van der Waals surface area contributed by atoms with Gasteiger partial charge in [-0.25, -0.2) is 0 Å². The average Bonchev–Trinajstić information content (AvgIpc) is 2.93. The Labute approximate surface area is 123 Å². The molecule has 0 spiro atoms. The molecule has 0 amide bonds. The summed E-state index contributed by atoms with van der Waals surface area (Å²) in [4.78, 5) is 0. The lowest BCUT2D eigenvalue weighted by molar-refractivity contribution is 0.0982. The maximum absolute atomic E-state index is 8.82.